The number of fused-ring (bicyclic) bond motifs is 1. The van der Waals surface area contributed by atoms with E-state index in [0.29, 0.717) is 12.8 Å². The number of hydrogen-bond donors (Lipinski definition) is 0. The molecule has 1 aromatic heterocycles. The second kappa shape index (κ2) is 4.29. The minimum Gasteiger partial charge on any atom is -0.482 e. The Morgan fingerprint density at radius 1 is 1.50 bits per heavy atom. The first-order chi connectivity index (χ1) is 8.72. The van der Waals surface area contributed by atoms with Gasteiger partial charge in [0.05, 0.1) is 6.20 Å². The van der Waals surface area contributed by atoms with Gasteiger partial charge in [-0.25, -0.2) is 0 Å². The number of hydrogen-bond acceptors (Lipinski definition) is 3. The van der Waals surface area contributed by atoms with E-state index in [4.69, 9.17) is 4.74 Å². The maximum absolute atomic E-state index is 12.1. The van der Waals surface area contributed by atoms with Gasteiger partial charge in [-0.05, 0) is 17.2 Å². The Labute approximate surface area is 105 Å². The first-order valence-electron chi connectivity index (χ1n) is 5.97. The average Bonchev–Trinajstić information content (AvgIpc) is 2.95. The van der Waals surface area contributed by atoms with Crippen LogP contribution in [0.1, 0.15) is 11.1 Å². The van der Waals surface area contributed by atoms with Crippen LogP contribution < -0.4 is 4.74 Å². The molecule has 0 bridgehead atoms. The Morgan fingerprint density at radius 2 is 2.33 bits per heavy atom. The lowest BCUT2D eigenvalue weighted by Gasteiger charge is -2.08. The Balaban J connectivity index is 1.69. The van der Waals surface area contributed by atoms with Gasteiger partial charge >= 0.3 is 0 Å². The van der Waals surface area contributed by atoms with E-state index in [0.717, 1.165) is 16.9 Å². The lowest BCUT2D eigenvalue weighted by atomic mass is 10.0. The van der Waals surface area contributed by atoms with Gasteiger partial charge in [0.25, 0.3) is 0 Å². The fourth-order valence-electron chi connectivity index (χ4n) is 2.24. The Bertz CT molecular complexity index is 564. The van der Waals surface area contributed by atoms with E-state index in [2.05, 4.69) is 5.10 Å². The minimum absolute atomic E-state index is 0.110. The molecule has 1 aromatic carbocycles. The molecule has 0 amide bonds. The topological polar surface area (TPSA) is 44.1 Å². The van der Waals surface area contributed by atoms with Crippen molar-refractivity contribution in [2.75, 3.05) is 0 Å². The summed E-state index contributed by atoms with van der Waals surface area (Å²) in [5.41, 5.74) is 2.05. The summed E-state index contributed by atoms with van der Waals surface area (Å²) in [4.78, 5) is 12.1. The lowest BCUT2D eigenvalue weighted by Crippen LogP contribution is -2.26. The molecule has 1 atom stereocenters. The van der Waals surface area contributed by atoms with Crippen LogP contribution in [-0.4, -0.2) is 21.7 Å². The molecular formula is C14H14N2O2. The molecule has 1 aliphatic rings. The van der Waals surface area contributed by atoms with Gasteiger partial charge in [0.15, 0.2) is 11.9 Å². The summed E-state index contributed by atoms with van der Waals surface area (Å²) >= 11 is 0. The largest absolute Gasteiger partial charge is 0.482 e. The highest BCUT2D eigenvalue weighted by atomic mass is 16.5. The van der Waals surface area contributed by atoms with Gasteiger partial charge in [-0.2, -0.15) is 5.10 Å². The highest BCUT2D eigenvalue weighted by molar-refractivity contribution is 5.86. The molecule has 4 heteroatoms. The van der Waals surface area contributed by atoms with Crippen molar-refractivity contribution >= 4 is 5.78 Å². The number of aryl methyl sites for hydroxylation is 1. The molecule has 2 aromatic rings. The molecule has 18 heavy (non-hydrogen) atoms. The number of benzene rings is 1. The fourth-order valence-corrected chi connectivity index (χ4v) is 2.24. The molecule has 0 N–H and O–H groups in total. The Morgan fingerprint density at radius 3 is 3.06 bits per heavy atom. The normalized spacial score (nSPS) is 17.3. The maximum atomic E-state index is 12.1. The molecule has 3 rings (SSSR count). The zero-order chi connectivity index (χ0) is 12.5. The van der Waals surface area contributed by atoms with Gasteiger partial charge < -0.3 is 4.74 Å². The molecule has 0 radical (unpaired) electrons. The summed E-state index contributed by atoms with van der Waals surface area (Å²) in [6, 6.07) is 7.81. The third kappa shape index (κ3) is 2.01. The van der Waals surface area contributed by atoms with E-state index in [1.54, 1.807) is 10.9 Å². The van der Waals surface area contributed by atoms with Gasteiger partial charge in [-0.3, -0.25) is 9.48 Å². The van der Waals surface area contributed by atoms with Crippen LogP contribution >= 0.6 is 0 Å². The van der Waals surface area contributed by atoms with Crippen LogP contribution in [0, 0.1) is 0 Å². The van der Waals surface area contributed by atoms with Crippen molar-refractivity contribution in [2.45, 2.75) is 18.9 Å². The summed E-state index contributed by atoms with van der Waals surface area (Å²) in [6.45, 7) is 0. The van der Waals surface area contributed by atoms with E-state index < -0.39 is 0 Å². The van der Waals surface area contributed by atoms with Crippen LogP contribution in [-0.2, 0) is 24.7 Å². The van der Waals surface area contributed by atoms with Gasteiger partial charge in [0, 0.05) is 26.1 Å². The van der Waals surface area contributed by atoms with Crippen molar-refractivity contribution in [1.82, 2.24) is 9.78 Å². The molecule has 0 saturated carbocycles. The standard InChI is InChI=1S/C14H14N2O2/c1-16-9-10(8-15-16)6-12(17)14-7-11-4-2-3-5-13(11)18-14/h2-5,8-9,14H,6-7H2,1H3. The predicted octanol–water partition coefficient (Wildman–Crippen LogP) is 1.54. The molecule has 4 nitrogen and oxygen atoms in total. The van der Waals surface area contributed by atoms with Gasteiger partial charge in [-0.1, -0.05) is 18.2 Å². The first kappa shape index (κ1) is 11.0. The summed E-state index contributed by atoms with van der Waals surface area (Å²) in [5.74, 6) is 0.946. The lowest BCUT2D eigenvalue weighted by molar-refractivity contribution is -0.124. The van der Waals surface area contributed by atoms with Crippen LogP contribution in [0.2, 0.25) is 0 Å². The Hall–Kier alpha value is -2.10. The number of carbonyl (C=O) groups is 1. The van der Waals surface area contributed by atoms with Crippen LogP contribution in [0.4, 0.5) is 0 Å². The first-order valence-corrected chi connectivity index (χ1v) is 5.97. The molecule has 1 aliphatic heterocycles. The number of carbonyl (C=O) groups excluding carboxylic acids is 1. The second-order valence-electron chi connectivity index (χ2n) is 4.58. The smallest absolute Gasteiger partial charge is 0.178 e. The summed E-state index contributed by atoms with van der Waals surface area (Å²) in [6.07, 6.45) is 4.30. The number of aromatic nitrogens is 2. The summed E-state index contributed by atoms with van der Waals surface area (Å²) in [7, 11) is 1.84. The molecule has 1 unspecified atom stereocenters. The second-order valence-corrected chi connectivity index (χ2v) is 4.58. The third-order valence-electron chi connectivity index (χ3n) is 3.14. The summed E-state index contributed by atoms with van der Waals surface area (Å²) in [5, 5.41) is 4.06. The van der Waals surface area contributed by atoms with Gasteiger partial charge in [-0.15, -0.1) is 0 Å². The molecule has 2 heterocycles. The van der Waals surface area contributed by atoms with Crippen LogP contribution in [0.3, 0.4) is 0 Å². The SMILES string of the molecule is Cn1cc(CC(=O)C2Cc3ccccc3O2)cn1. The molecule has 0 fully saturated rings. The number of Topliss-reactive ketones (excluding diaryl/α,β-unsaturated/α-hetero) is 1. The number of ketones is 1. The molecule has 0 spiro atoms. The maximum Gasteiger partial charge on any atom is 0.178 e. The molecule has 0 saturated heterocycles. The molecule has 92 valence electrons. The van der Waals surface area contributed by atoms with Gasteiger partial charge in [0.2, 0.25) is 0 Å². The van der Waals surface area contributed by atoms with Crippen LogP contribution in [0.5, 0.6) is 5.75 Å². The average molecular weight is 242 g/mol. The monoisotopic (exact) mass is 242 g/mol. The van der Waals surface area contributed by atoms with Crippen molar-refractivity contribution in [3.05, 3.63) is 47.8 Å². The van der Waals surface area contributed by atoms with E-state index in [1.807, 2.05) is 37.5 Å². The van der Waals surface area contributed by atoms with E-state index in [9.17, 15) is 4.79 Å². The molecule has 0 aliphatic carbocycles. The zero-order valence-corrected chi connectivity index (χ0v) is 10.2. The Kier molecular flexibility index (Phi) is 2.63. The van der Waals surface area contributed by atoms with Crippen LogP contribution in [0.15, 0.2) is 36.7 Å². The minimum atomic E-state index is -0.345. The van der Waals surface area contributed by atoms with E-state index in [-0.39, 0.29) is 11.9 Å². The highest BCUT2D eigenvalue weighted by Gasteiger charge is 2.28. The van der Waals surface area contributed by atoms with Crippen molar-refractivity contribution in [3.63, 3.8) is 0 Å². The number of ether oxygens (including phenoxy) is 1. The quantitative estimate of drug-likeness (QED) is 0.820. The number of nitrogens with zero attached hydrogens (tertiary/aromatic N) is 2. The zero-order valence-electron chi connectivity index (χ0n) is 10.2. The van der Waals surface area contributed by atoms with Crippen molar-refractivity contribution in [3.8, 4) is 5.75 Å². The molecular weight excluding hydrogens is 228 g/mol. The highest BCUT2D eigenvalue weighted by Crippen LogP contribution is 2.28. The number of rotatable bonds is 3. The van der Waals surface area contributed by atoms with Crippen molar-refractivity contribution in [1.29, 1.82) is 0 Å². The van der Waals surface area contributed by atoms with Gasteiger partial charge in [0.1, 0.15) is 5.75 Å². The van der Waals surface area contributed by atoms with E-state index >= 15 is 0 Å². The van der Waals surface area contributed by atoms with E-state index in [1.165, 1.54) is 0 Å². The predicted molar refractivity (Wildman–Crippen MR) is 66.5 cm³/mol. The fraction of sp³-hybridized carbons (Fsp3) is 0.286. The third-order valence-corrected chi connectivity index (χ3v) is 3.14. The van der Waals surface area contributed by atoms with Crippen molar-refractivity contribution < 1.29 is 9.53 Å². The van der Waals surface area contributed by atoms with Crippen molar-refractivity contribution in [2.24, 2.45) is 7.05 Å². The van der Waals surface area contributed by atoms with Crippen LogP contribution in [0.25, 0.3) is 0 Å². The summed E-state index contributed by atoms with van der Waals surface area (Å²) < 4.78 is 7.37. The number of para-hydroxylation sites is 1.